The van der Waals surface area contributed by atoms with Gasteiger partial charge in [-0.2, -0.15) is 5.10 Å². The summed E-state index contributed by atoms with van der Waals surface area (Å²) in [6.07, 6.45) is 4.16. The number of carbonyl (C=O) groups excluding carboxylic acids is 1. The van der Waals surface area contributed by atoms with Gasteiger partial charge in [-0.3, -0.25) is 9.10 Å². The van der Waals surface area contributed by atoms with E-state index in [9.17, 15) is 13.2 Å². The molecule has 1 N–H and O–H groups in total. The van der Waals surface area contributed by atoms with Gasteiger partial charge in [-0.1, -0.05) is 32.0 Å². The Bertz CT molecular complexity index is 941. The molecule has 1 amide bonds. The van der Waals surface area contributed by atoms with Gasteiger partial charge in [0.1, 0.15) is 12.3 Å². The van der Waals surface area contributed by atoms with Crippen molar-refractivity contribution in [1.29, 1.82) is 0 Å². The maximum Gasteiger partial charge on any atom is 0.260 e. The molecule has 0 heterocycles. The van der Waals surface area contributed by atoms with Crippen LogP contribution in [0.4, 0.5) is 5.69 Å². The van der Waals surface area contributed by atoms with Crippen LogP contribution in [0.5, 0.6) is 5.75 Å². The van der Waals surface area contributed by atoms with Gasteiger partial charge in [0.2, 0.25) is 10.0 Å². The summed E-state index contributed by atoms with van der Waals surface area (Å²) in [5.41, 5.74) is 4.51. The Balaban J connectivity index is 2.02. The zero-order valence-corrected chi connectivity index (χ0v) is 17.8. The number of nitrogens with zero attached hydrogens (tertiary/aromatic N) is 2. The van der Waals surface area contributed by atoms with Crippen molar-refractivity contribution in [1.82, 2.24) is 5.43 Å². The molecule has 0 atom stereocenters. The van der Waals surface area contributed by atoms with E-state index in [1.165, 1.54) is 6.21 Å². The summed E-state index contributed by atoms with van der Waals surface area (Å²) in [5, 5.41) is 3.92. The largest absolute Gasteiger partial charge is 0.494 e. The number of anilines is 1. The SMILES string of the molecule is CCCOc1ccc(/C=N\NC(=O)CN(c2ccccc2CC)S(C)(=O)=O)cc1. The normalized spacial score (nSPS) is 11.4. The van der Waals surface area contributed by atoms with E-state index in [2.05, 4.69) is 10.5 Å². The molecule has 7 nitrogen and oxygen atoms in total. The van der Waals surface area contributed by atoms with Gasteiger partial charge in [0.15, 0.2) is 0 Å². The zero-order chi connectivity index (χ0) is 21.3. The maximum absolute atomic E-state index is 12.3. The average molecular weight is 418 g/mol. The number of hydrazone groups is 1. The lowest BCUT2D eigenvalue weighted by molar-refractivity contribution is -0.119. The van der Waals surface area contributed by atoms with Crippen LogP contribution in [-0.4, -0.2) is 39.9 Å². The quantitative estimate of drug-likeness (QED) is 0.476. The van der Waals surface area contributed by atoms with Crippen LogP contribution in [-0.2, 0) is 21.2 Å². The molecule has 2 aromatic carbocycles. The van der Waals surface area contributed by atoms with Crippen molar-refractivity contribution in [3.05, 3.63) is 59.7 Å². The molecule has 29 heavy (non-hydrogen) atoms. The number of carbonyl (C=O) groups is 1. The second kappa shape index (κ2) is 10.6. The molecule has 2 aromatic rings. The molecule has 156 valence electrons. The smallest absolute Gasteiger partial charge is 0.260 e. The Hall–Kier alpha value is -2.87. The highest BCUT2D eigenvalue weighted by Crippen LogP contribution is 2.23. The first-order chi connectivity index (χ1) is 13.8. The highest BCUT2D eigenvalue weighted by atomic mass is 32.2. The van der Waals surface area contributed by atoms with E-state index in [4.69, 9.17) is 4.74 Å². The second-order valence-electron chi connectivity index (χ2n) is 6.46. The van der Waals surface area contributed by atoms with Gasteiger partial charge < -0.3 is 4.74 Å². The molecule has 0 aliphatic rings. The van der Waals surface area contributed by atoms with E-state index in [-0.39, 0.29) is 6.54 Å². The monoisotopic (exact) mass is 417 g/mol. The number of ether oxygens (including phenoxy) is 1. The fourth-order valence-electron chi connectivity index (χ4n) is 2.65. The minimum atomic E-state index is -3.63. The first-order valence-corrected chi connectivity index (χ1v) is 11.3. The standard InChI is InChI=1S/C21H27N3O4S/c1-4-14-28-19-12-10-17(11-13-19)15-22-23-21(25)16-24(29(3,26)27)20-9-7-6-8-18(20)5-2/h6-13,15H,4-5,14,16H2,1-3H3,(H,23,25)/b22-15-. The average Bonchev–Trinajstić information content (AvgIpc) is 2.70. The van der Waals surface area contributed by atoms with Crippen molar-refractivity contribution in [3.63, 3.8) is 0 Å². The molecule has 8 heteroatoms. The number of hydrogen-bond donors (Lipinski definition) is 1. The lowest BCUT2D eigenvalue weighted by Crippen LogP contribution is -2.39. The van der Waals surface area contributed by atoms with Crippen LogP contribution < -0.4 is 14.5 Å². The summed E-state index contributed by atoms with van der Waals surface area (Å²) in [5.74, 6) is 0.242. The van der Waals surface area contributed by atoms with Crippen LogP contribution in [0.1, 0.15) is 31.4 Å². The highest BCUT2D eigenvalue weighted by molar-refractivity contribution is 7.92. The predicted molar refractivity (Wildman–Crippen MR) is 116 cm³/mol. The number of sulfonamides is 1. The Kier molecular flexibility index (Phi) is 8.21. The third kappa shape index (κ3) is 6.90. The number of nitrogens with one attached hydrogen (secondary N) is 1. The van der Waals surface area contributed by atoms with Gasteiger partial charge in [0.05, 0.1) is 24.8 Å². The molecule has 0 aliphatic carbocycles. The lowest BCUT2D eigenvalue weighted by Gasteiger charge is -2.23. The number of aryl methyl sites for hydroxylation is 1. The van der Waals surface area contributed by atoms with Gasteiger partial charge in [-0.15, -0.1) is 0 Å². The van der Waals surface area contributed by atoms with Gasteiger partial charge in [-0.25, -0.2) is 13.8 Å². The van der Waals surface area contributed by atoms with Crippen molar-refractivity contribution >= 4 is 27.8 Å². The Morgan fingerprint density at radius 3 is 2.45 bits per heavy atom. The van der Waals surface area contributed by atoms with E-state index in [0.717, 1.165) is 33.9 Å². The van der Waals surface area contributed by atoms with E-state index in [1.54, 1.807) is 12.1 Å². The molecule has 0 aliphatic heterocycles. The van der Waals surface area contributed by atoms with Crippen LogP contribution in [0.15, 0.2) is 53.6 Å². The van der Waals surface area contributed by atoms with Crippen LogP contribution in [0.25, 0.3) is 0 Å². The molecule has 0 spiro atoms. The lowest BCUT2D eigenvalue weighted by atomic mass is 10.1. The summed E-state index contributed by atoms with van der Waals surface area (Å²) in [6.45, 7) is 4.27. The summed E-state index contributed by atoms with van der Waals surface area (Å²) >= 11 is 0. The van der Waals surface area contributed by atoms with Crippen molar-refractivity contribution in [2.45, 2.75) is 26.7 Å². The molecule has 0 aromatic heterocycles. The summed E-state index contributed by atoms with van der Waals surface area (Å²) in [6, 6.07) is 14.4. The van der Waals surface area contributed by atoms with Crippen molar-refractivity contribution in [2.75, 3.05) is 23.7 Å². The highest BCUT2D eigenvalue weighted by Gasteiger charge is 2.22. The first-order valence-electron chi connectivity index (χ1n) is 9.45. The summed E-state index contributed by atoms with van der Waals surface area (Å²) in [4.78, 5) is 12.3. The van der Waals surface area contributed by atoms with Crippen molar-refractivity contribution < 1.29 is 17.9 Å². The van der Waals surface area contributed by atoms with E-state index < -0.39 is 15.9 Å². The third-order valence-electron chi connectivity index (χ3n) is 4.08. The van der Waals surface area contributed by atoms with Crippen LogP contribution in [0.2, 0.25) is 0 Å². The van der Waals surface area contributed by atoms with Gasteiger partial charge in [0, 0.05) is 0 Å². The van der Waals surface area contributed by atoms with Crippen molar-refractivity contribution in [2.24, 2.45) is 5.10 Å². The molecule has 0 radical (unpaired) electrons. The fourth-order valence-corrected chi connectivity index (χ4v) is 3.54. The minimum Gasteiger partial charge on any atom is -0.494 e. The van der Waals surface area contributed by atoms with Crippen molar-refractivity contribution in [3.8, 4) is 5.75 Å². The van der Waals surface area contributed by atoms with Crippen LogP contribution in [0.3, 0.4) is 0 Å². The second-order valence-corrected chi connectivity index (χ2v) is 8.37. The molecular formula is C21H27N3O4S. The number of para-hydroxylation sites is 1. The summed E-state index contributed by atoms with van der Waals surface area (Å²) in [7, 11) is -3.63. The topological polar surface area (TPSA) is 88.1 Å². The maximum atomic E-state index is 12.3. The number of rotatable bonds is 10. The van der Waals surface area contributed by atoms with E-state index in [0.29, 0.717) is 18.7 Å². The Morgan fingerprint density at radius 1 is 1.14 bits per heavy atom. The zero-order valence-electron chi connectivity index (χ0n) is 17.0. The first kappa shape index (κ1) is 22.4. The number of amides is 1. The number of hydrogen-bond acceptors (Lipinski definition) is 5. The van der Waals surface area contributed by atoms with Crippen LogP contribution in [0, 0.1) is 0 Å². The van der Waals surface area contributed by atoms with E-state index >= 15 is 0 Å². The molecular weight excluding hydrogens is 390 g/mol. The predicted octanol–water partition coefficient (Wildman–Crippen LogP) is 2.95. The fraction of sp³-hybridized carbons (Fsp3) is 0.333. The molecule has 2 rings (SSSR count). The minimum absolute atomic E-state index is 0.350. The molecule has 0 saturated heterocycles. The van der Waals surface area contributed by atoms with Gasteiger partial charge in [0.25, 0.3) is 5.91 Å². The Labute approximate surface area is 172 Å². The van der Waals surface area contributed by atoms with E-state index in [1.807, 2.05) is 50.2 Å². The Morgan fingerprint density at radius 2 is 1.83 bits per heavy atom. The van der Waals surface area contributed by atoms with Crippen LogP contribution >= 0.6 is 0 Å². The summed E-state index contributed by atoms with van der Waals surface area (Å²) < 4.78 is 31.1. The molecule has 0 bridgehead atoms. The molecule has 0 fully saturated rings. The number of benzene rings is 2. The van der Waals surface area contributed by atoms with Gasteiger partial charge >= 0.3 is 0 Å². The third-order valence-corrected chi connectivity index (χ3v) is 5.21. The van der Waals surface area contributed by atoms with Gasteiger partial charge in [-0.05, 0) is 54.3 Å². The molecule has 0 unspecified atom stereocenters. The molecule has 0 saturated carbocycles.